The molecule has 0 saturated carbocycles. The van der Waals surface area contributed by atoms with E-state index in [1.54, 1.807) is 31.4 Å². The number of carbonyl (C=O) groups excluding carboxylic acids is 1. The first-order valence-electron chi connectivity index (χ1n) is 6.55. The van der Waals surface area contributed by atoms with Crippen molar-refractivity contribution in [2.75, 3.05) is 11.9 Å². The van der Waals surface area contributed by atoms with Crippen molar-refractivity contribution in [2.24, 2.45) is 0 Å². The quantitative estimate of drug-likeness (QED) is 0.780. The molecule has 0 unspecified atom stereocenters. The maximum Gasteiger partial charge on any atom is 0.260 e. The van der Waals surface area contributed by atoms with Crippen molar-refractivity contribution in [1.82, 2.24) is 4.98 Å². The number of hydrogen-bond donors (Lipinski definition) is 1. The molecule has 0 aliphatic heterocycles. The van der Waals surface area contributed by atoms with E-state index in [4.69, 9.17) is 5.26 Å². The number of fused-ring (bicyclic) bond motifs is 1. The third-order valence-corrected chi connectivity index (χ3v) is 3.51. The maximum atomic E-state index is 12.7. The molecule has 1 N–H and O–H groups in total. The van der Waals surface area contributed by atoms with Crippen molar-refractivity contribution in [3.05, 3.63) is 65.9 Å². The fourth-order valence-electron chi connectivity index (χ4n) is 2.40. The van der Waals surface area contributed by atoms with E-state index in [-0.39, 0.29) is 5.91 Å². The van der Waals surface area contributed by atoms with Crippen LogP contribution >= 0.6 is 0 Å². The number of aromatic amines is 1. The van der Waals surface area contributed by atoms with Crippen LogP contribution in [-0.2, 0) is 0 Å². The van der Waals surface area contributed by atoms with Gasteiger partial charge in [-0.05, 0) is 18.2 Å². The Labute approximate surface area is 122 Å². The second-order valence-electron chi connectivity index (χ2n) is 4.74. The first kappa shape index (κ1) is 12.9. The van der Waals surface area contributed by atoms with Crippen molar-refractivity contribution in [1.29, 1.82) is 5.26 Å². The number of nitrogens with zero attached hydrogens (tertiary/aromatic N) is 2. The van der Waals surface area contributed by atoms with Gasteiger partial charge in [-0.15, -0.1) is 0 Å². The Hall–Kier alpha value is -3.06. The van der Waals surface area contributed by atoms with Gasteiger partial charge in [0.05, 0.1) is 16.8 Å². The zero-order valence-electron chi connectivity index (χ0n) is 11.5. The summed E-state index contributed by atoms with van der Waals surface area (Å²) in [6, 6.07) is 16.8. The van der Waals surface area contributed by atoms with Gasteiger partial charge in [0, 0.05) is 24.1 Å². The Kier molecular flexibility index (Phi) is 3.17. The lowest BCUT2D eigenvalue weighted by Crippen LogP contribution is -2.26. The van der Waals surface area contributed by atoms with Gasteiger partial charge in [-0.2, -0.15) is 5.26 Å². The van der Waals surface area contributed by atoms with Gasteiger partial charge < -0.3 is 9.88 Å². The van der Waals surface area contributed by atoms with Crippen LogP contribution in [-0.4, -0.2) is 17.9 Å². The van der Waals surface area contributed by atoms with Gasteiger partial charge in [0.15, 0.2) is 0 Å². The van der Waals surface area contributed by atoms with E-state index in [0.29, 0.717) is 16.8 Å². The van der Waals surface area contributed by atoms with Crippen LogP contribution in [0.2, 0.25) is 0 Å². The molecule has 4 heteroatoms. The molecule has 0 spiro atoms. The molecular weight excluding hydrogens is 262 g/mol. The number of carbonyl (C=O) groups is 1. The Morgan fingerprint density at radius 3 is 2.67 bits per heavy atom. The molecule has 3 aromatic rings. The minimum atomic E-state index is -0.143. The molecule has 1 amide bonds. The summed E-state index contributed by atoms with van der Waals surface area (Å²) in [5.41, 5.74) is 2.60. The smallest absolute Gasteiger partial charge is 0.260 e. The van der Waals surface area contributed by atoms with Crippen LogP contribution < -0.4 is 4.90 Å². The van der Waals surface area contributed by atoms with E-state index in [2.05, 4.69) is 11.1 Å². The van der Waals surface area contributed by atoms with Crippen LogP contribution in [0, 0.1) is 11.3 Å². The summed E-state index contributed by atoms with van der Waals surface area (Å²) in [5, 5.41) is 10.0. The molecule has 0 atom stereocenters. The number of nitriles is 1. The van der Waals surface area contributed by atoms with Crippen molar-refractivity contribution >= 4 is 22.5 Å². The van der Waals surface area contributed by atoms with Gasteiger partial charge in [0.25, 0.3) is 5.91 Å². The highest BCUT2D eigenvalue weighted by Gasteiger charge is 2.19. The fraction of sp³-hybridized carbons (Fsp3) is 0.0588. The second-order valence-corrected chi connectivity index (χ2v) is 4.74. The third-order valence-electron chi connectivity index (χ3n) is 3.51. The lowest BCUT2D eigenvalue weighted by molar-refractivity contribution is 0.0994. The van der Waals surface area contributed by atoms with Gasteiger partial charge in [-0.3, -0.25) is 4.79 Å². The van der Waals surface area contributed by atoms with Gasteiger partial charge in [-0.25, -0.2) is 0 Å². The molecule has 0 bridgehead atoms. The van der Waals surface area contributed by atoms with Crippen molar-refractivity contribution in [2.45, 2.75) is 0 Å². The van der Waals surface area contributed by atoms with Crippen LogP contribution in [0.25, 0.3) is 10.9 Å². The standard InChI is InChI=1S/C17H13N3O/c1-20(16-9-5-2-6-12(16)10-18)17(21)14-11-19-15-8-4-3-7-13(14)15/h2-9,11,19H,1H3. The first-order chi connectivity index (χ1) is 10.2. The van der Waals surface area contributed by atoms with Crippen molar-refractivity contribution in [3.8, 4) is 6.07 Å². The average Bonchev–Trinajstić information content (AvgIpc) is 2.97. The van der Waals surface area contributed by atoms with E-state index in [1.165, 1.54) is 4.90 Å². The molecule has 1 aromatic heterocycles. The number of aromatic nitrogens is 1. The van der Waals surface area contributed by atoms with Gasteiger partial charge in [0.1, 0.15) is 6.07 Å². The molecule has 0 fully saturated rings. The number of benzene rings is 2. The van der Waals surface area contributed by atoms with E-state index < -0.39 is 0 Å². The Morgan fingerprint density at radius 1 is 1.14 bits per heavy atom. The number of anilines is 1. The SMILES string of the molecule is CN(C(=O)c1c[nH]c2ccccc12)c1ccccc1C#N. The van der Waals surface area contributed by atoms with E-state index >= 15 is 0 Å². The predicted octanol–water partition coefficient (Wildman–Crippen LogP) is 3.32. The minimum absolute atomic E-state index is 0.143. The first-order valence-corrected chi connectivity index (χ1v) is 6.55. The summed E-state index contributed by atoms with van der Waals surface area (Å²) in [6.07, 6.45) is 1.71. The van der Waals surface area contributed by atoms with Crippen LogP contribution in [0.4, 0.5) is 5.69 Å². The number of rotatable bonds is 2. The summed E-state index contributed by atoms with van der Waals surface area (Å²) < 4.78 is 0. The molecular formula is C17H13N3O. The Bertz CT molecular complexity index is 858. The largest absolute Gasteiger partial charge is 0.360 e. The fourth-order valence-corrected chi connectivity index (χ4v) is 2.40. The zero-order chi connectivity index (χ0) is 14.8. The number of para-hydroxylation sites is 2. The molecule has 0 saturated heterocycles. The predicted molar refractivity (Wildman–Crippen MR) is 82.2 cm³/mol. The van der Waals surface area contributed by atoms with E-state index in [0.717, 1.165) is 10.9 Å². The Morgan fingerprint density at radius 2 is 1.86 bits per heavy atom. The van der Waals surface area contributed by atoms with Gasteiger partial charge in [0.2, 0.25) is 0 Å². The molecule has 3 rings (SSSR count). The van der Waals surface area contributed by atoms with Crippen LogP contribution in [0.15, 0.2) is 54.7 Å². The minimum Gasteiger partial charge on any atom is -0.360 e. The molecule has 0 aliphatic carbocycles. The van der Waals surface area contributed by atoms with E-state index in [9.17, 15) is 4.79 Å². The number of amides is 1. The van der Waals surface area contributed by atoms with Crippen LogP contribution in [0.5, 0.6) is 0 Å². The van der Waals surface area contributed by atoms with Gasteiger partial charge in [-0.1, -0.05) is 30.3 Å². The number of nitrogens with one attached hydrogen (secondary N) is 1. The summed E-state index contributed by atoms with van der Waals surface area (Å²) in [6.45, 7) is 0. The topological polar surface area (TPSA) is 59.9 Å². The number of H-pyrrole nitrogens is 1. The third kappa shape index (κ3) is 2.15. The summed E-state index contributed by atoms with van der Waals surface area (Å²) >= 11 is 0. The average molecular weight is 275 g/mol. The zero-order valence-corrected chi connectivity index (χ0v) is 11.5. The van der Waals surface area contributed by atoms with Crippen LogP contribution in [0.1, 0.15) is 15.9 Å². The normalized spacial score (nSPS) is 10.3. The highest BCUT2D eigenvalue weighted by atomic mass is 16.2. The number of hydrogen-bond acceptors (Lipinski definition) is 2. The van der Waals surface area contributed by atoms with Crippen molar-refractivity contribution in [3.63, 3.8) is 0 Å². The maximum absolute atomic E-state index is 12.7. The second kappa shape index (κ2) is 5.14. The summed E-state index contributed by atoms with van der Waals surface area (Å²) in [5.74, 6) is -0.143. The van der Waals surface area contributed by atoms with Crippen molar-refractivity contribution < 1.29 is 4.79 Å². The van der Waals surface area contributed by atoms with Crippen LogP contribution in [0.3, 0.4) is 0 Å². The Balaban J connectivity index is 2.04. The lowest BCUT2D eigenvalue weighted by atomic mass is 10.1. The molecule has 2 aromatic carbocycles. The van der Waals surface area contributed by atoms with Gasteiger partial charge >= 0.3 is 0 Å². The molecule has 4 nitrogen and oxygen atoms in total. The summed E-state index contributed by atoms with van der Waals surface area (Å²) in [7, 11) is 1.68. The lowest BCUT2D eigenvalue weighted by Gasteiger charge is -2.18. The summed E-state index contributed by atoms with van der Waals surface area (Å²) in [4.78, 5) is 17.3. The highest BCUT2D eigenvalue weighted by Crippen LogP contribution is 2.24. The molecule has 0 radical (unpaired) electrons. The molecule has 0 aliphatic rings. The highest BCUT2D eigenvalue weighted by molar-refractivity contribution is 6.14. The molecule has 102 valence electrons. The monoisotopic (exact) mass is 275 g/mol. The molecule has 1 heterocycles. The van der Waals surface area contributed by atoms with E-state index in [1.807, 2.05) is 30.3 Å². The molecule has 21 heavy (non-hydrogen) atoms.